The van der Waals surface area contributed by atoms with E-state index in [0.717, 1.165) is 5.69 Å². The molecule has 0 aliphatic heterocycles. The summed E-state index contributed by atoms with van der Waals surface area (Å²) in [5.41, 5.74) is 7.86. The monoisotopic (exact) mass is 191 g/mol. The van der Waals surface area contributed by atoms with E-state index in [2.05, 4.69) is 0 Å². The third-order valence-corrected chi connectivity index (χ3v) is 3.12. The second kappa shape index (κ2) is 3.91. The largest absolute Gasteiger partial charge is 0.508 e. The number of phenolic OH excluding ortho intramolecular Hbond substituents is 1. The molecule has 0 heterocycles. The van der Waals surface area contributed by atoms with Gasteiger partial charge in [0, 0.05) is 11.8 Å². The van der Waals surface area contributed by atoms with Gasteiger partial charge in [0.2, 0.25) is 0 Å². The van der Waals surface area contributed by atoms with Crippen LogP contribution in [-0.4, -0.2) is 5.11 Å². The van der Waals surface area contributed by atoms with Crippen molar-refractivity contribution in [2.75, 3.05) is 5.73 Å². The molecule has 14 heavy (non-hydrogen) atoms. The van der Waals surface area contributed by atoms with Crippen LogP contribution in [0.25, 0.3) is 0 Å². The molecular weight excluding hydrogens is 174 g/mol. The van der Waals surface area contributed by atoms with Crippen molar-refractivity contribution >= 4 is 5.69 Å². The Balaban J connectivity index is 2.22. The second-order valence-electron chi connectivity index (χ2n) is 4.15. The summed E-state index contributed by atoms with van der Waals surface area (Å²) in [6.07, 6.45) is 6.47. The first-order valence-electron chi connectivity index (χ1n) is 5.36. The molecule has 0 spiro atoms. The Hall–Kier alpha value is -1.18. The van der Waals surface area contributed by atoms with Crippen LogP contribution in [0.2, 0.25) is 0 Å². The number of hydrogen-bond donors (Lipinski definition) is 2. The number of benzene rings is 1. The van der Waals surface area contributed by atoms with Gasteiger partial charge in [-0.1, -0.05) is 25.3 Å². The third kappa shape index (κ3) is 1.84. The van der Waals surface area contributed by atoms with Crippen molar-refractivity contribution in [3.63, 3.8) is 0 Å². The van der Waals surface area contributed by atoms with Crippen LogP contribution in [0.4, 0.5) is 5.69 Å². The normalized spacial score (nSPS) is 18.3. The van der Waals surface area contributed by atoms with Crippen molar-refractivity contribution in [3.05, 3.63) is 23.8 Å². The lowest BCUT2D eigenvalue weighted by atomic mass is 9.83. The Morgan fingerprint density at radius 3 is 2.50 bits per heavy atom. The summed E-state index contributed by atoms with van der Waals surface area (Å²) in [6, 6.07) is 5.37. The molecule has 1 aromatic carbocycles. The fourth-order valence-electron chi connectivity index (χ4n) is 2.35. The summed E-state index contributed by atoms with van der Waals surface area (Å²) in [4.78, 5) is 0. The molecule has 2 nitrogen and oxygen atoms in total. The Kier molecular flexibility index (Phi) is 2.62. The van der Waals surface area contributed by atoms with Crippen LogP contribution in [0.15, 0.2) is 18.2 Å². The number of anilines is 1. The van der Waals surface area contributed by atoms with Crippen molar-refractivity contribution in [3.8, 4) is 5.75 Å². The average Bonchev–Trinajstić information content (AvgIpc) is 2.19. The Morgan fingerprint density at radius 2 is 1.86 bits per heavy atom. The molecule has 0 amide bonds. The molecule has 0 saturated heterocycles. The van der Waals surface area contributed by atoms with Crippen molar-refractivity contribution in [1.82, 2.24) is 0 Å². The van der Waals surface area contributed by atoms with Gasteiger partial charge < -0.3 is 10.8 Å². The highest BCUT2D eigenvalue weighted by Gasteiger charge is 2.17. The van der Waals surface area contributed by atoms with Crippen LogP contribution in [-0.2, 0) is 0 Å². The fourth-order valence-corrected chi connectivity index (χ4v) is 2.35. The van der Waals surface area contributed by atoms with E-state index < -0.39 is 0 Å². The van der Waals surface area contributed by atoms with Gasteiger partial charge in [0.15, 0.2) is 0 Å². The highest BCUT2D eigenvalue weighted by Crippen LogP contribution is 2.36. The molecule has 0 radical (unpaired) electrons. The SMILES string of the molecule is Nc1cc(O)ccc1C1CCCCC1. The molecule has 0 bridgehead atoms. The van der Waals surface area contributed by atoms with Crippen molar-refractivity contribution < 1.29 is 5.11 Å². The molecule has 0 unspecified atom stereocenters. The van der Waals surface area contributed by atoms with Gasteiger partial charge in [-0.05, 0) is 30.4 Å². The smallest absolute Gasteiger partial charge is 0.117 e. The predicted octanol–water partition coefficient (Wildman–Crippen LogP) is 3.02. The van der Waals surface area contributed by atoms with E-state index in [4.69, 9.17) is 5.73 Å². The summed E-state index contributed by atoms with van der Waals surface area (Å²) in [5, 5.41) is 9.26. The summed E-state index contributed by atoms with van der Waals surface area (Å²) in [7, 11) is 0. The first-order chi connectivity index (χ1) is 6.77. The number of nitrogens with two attached hydrogens (primary N) is 1. The molecule has 0 aromatic heterocycles. The standard InChI is InChI=1S/C12H17NO/c13-12-8-10(14)6-7-11(12)9-4-2-1-3-5-9/h6-9,14H,1-5,13H2. The van der Waals surface area contributed by atoms with Crippen LogP contribution in [0.3, 0.4) is 0 Å². The van der Waals surface area contributed by atoms with Crippen LogP contribution in [0, 0.1) is 0 Å². The van der Waals surface area contributed by atoms with E-state index in [0.29, 0.717) is 5.92 Å². The minimum Gasteiger partial charge on any atom is -0.508 e. The molecule has 3 N–H and O–H groups in total. The number of hydrogen-bond acceptors (Lipinski definition) is 2. The van der Waals surface area contributed by atoms with E-state index in [9.17, 15) is 5.11 Å². The van der Waals surface area contributed by atoms with Gasteiger partial charge in [0.05, 0.1) is 0 Å². The number of rotatable bonds is 1. The third-order valence-electron chi connectivity index (χ3n) is 3.12. The van der Waals surface area contributed by atoms with Gasteiger partial charge in [-0.15, -0.1) is 0 Å². The quantitative estimate of drug-likeness (QED) is 0.670. The molecule has 1 aliphatic rings. The zero-order chi connectivity index (χ0) is 9.97. The van der Waals surface area contributed by atoms with Gasteiger partial charge in [0.1, 0.15) is 5.75 Å². The maximum Gasteiger partial charge on any atom is 0.117 e. The van der Waals surface area contributed by atoms with Crippen molar-refractivity contribution in [2.24, 2.45) is 0 Å². The summed E-state index contributed by atoms with van der Waals surface area (Å²) in [6.45, 7) is 0. The van der Waals surface area contributed by atoms with Gasteiger partial charge in [-0.2, -0.15) is 0 Å². The van der Waals surface area contributed by atoms with Gasteiger partial charge >= 0.3 is 0 Å². The lowest BCUT2D eigenvalue weighted by Crippen LogP contribution is -2.06. The summed E-state index contributed by atoms with van der Waals surface area (Å²) in [5.74, 6) is 0.881. The first kappa shape index (κ1) is 9.38. The van der Waals surface area contributed by atoms with E-state index in [1.54, 1.807) is 12.1 Å². The fraction of sp³-hybridized carbons (Fsp3) is 0.500. The highest BCUT2D eigenvalue weighted by molar-refractivity contribution is 5.52. The highest BCUT2D eigenvalue weighted by atomic mass is 16.3. The lowest BCUT2D eigenvalue weighted by molar-refractivity contribution is 0.443. The van der Waals surface area contributed by atoms with Crippen LogP contribution in [0.1, 0.15) is 43.6 Å². The van der Waals surface area contributed by atoms with Crippen LogP contribution in [0.5, 0.6) is 5.75 Å². The van der Waals surface area contributed by atoms with Gasteiger partial charge in [0.25, 0.3) is 0 Å². The lowest BCUT2D eigenvalue weighted by Gasteiger charge is -2.23. The van der Waals surface area contributed by atoms with E-state index in [1.807, 2.05) is 6.07 Å². The number of nitrogen functional groups attached to an aromatic ring is 1. The number of phenols is 1. The maximum atomic E-state index is 9.26. The maximum absolute atomic E-state index is 9.26. The molecule has 76 valence electrons. The van der Waals surface area contributed by atoms with Crippen molar-refractivity contribution in [2.45, 2.75) is 38.0 Å². The van der Waals surface area contributed by atoms with E-state index >= 15 is 0 Å². The Labute approximate surface area is 84.7 Å². The van der Waals surface area contributed by atoms with Gasteiger partial charge in [-0.25, -0.2) is 0 Å². The molecule has 1 aliphatic carbocycles. The minimum atomic E-state index is 0.266. The summed E-state index contributed by atoms with van der Waals surface area (Å²) >= 11 is 0. The second-order valence-corrected chi connectivity index (χ2v) is 4.15. The zero-order valence-corrected chi connectivity index (χ0v) is 8.37. The Morgan fingerprint density at radius 1 is 1.14 bits per heavy atom. The Bertz CT molecular complexity index is 316. The minimum absolute atomic E-state index is 0.266. The average molecular weight is 191 g/mol. The topological polar surface area (TPSA) is 46.2 Å². The molecule has 1 fully saturated rings. The van der Waals surface area contributed by atoms with Crippen molar-refractivity contribution in [1.29, 1.82) is 0 Å². The molecular formula is C12H17NO. The van der Waals surface area contributed by atoms with E-state index in [1.165, 1.54) is 37.7 Å². The zero-order valence-electron chi connectivity index (χ0n) is 8.37. The molecule has 1 saturated carbocycles. The summed E-state index contributed by atoms with van der Waals surface area (Å²) < 4.78 is 0. The molecule has 2 heteroatoms. The number of aromatic hydroxyl groups is 1. The van der Waals surface area contributed by atoms with Gasteiger partial charge in [-0.3, -0.25) is 0 Å². The molecule has 0 atom stereocenters. The van der Waals surface area contributed by atoms with Crippen LogP contribution < -0.4 is 5.73 Å². The van der Waals surface area contributed by atoms with Crippen LogP contribution >= 0.6 is 0 Å². The first-order valence-corrected chi connectivity index (χ1v) is 5.36. The predicted molar refractivity (Wildman–Crippen MR) is 58.3 cm³/mol. The molecule has 1 aromatic rings. The van der Waals surface area contributed by atoms with E-state index in [-0.39, 0.29) is 5.75 Å². The molecule has 2 rings (SSSR count).